The van der Waals surface area contributed by atoms with Crippen molar-refractivity contribution >= 4 is 5.91 Å². The molecule has 1 heterocycles. The number of nitrogens with two attached hydrogens (primary N) is 1. The van der Waals surface area contributed by atoms with Gasteiger partial charge in [-0.1, -0.05) is 20.8 Å². The van der Waals surface area contributed by atoms with Gasteiger partial charge < -0.3 is 10.6 Å². The van der Waals surface area contributed by atoms with Crippen molar-refractivity contribution < 1.29 is 4.79 Å². The minimum atomic E-state index is 0.328. The van der Waals surface area contributed by atoms with Crippen LogP contribution in [0.3, 0.4) is 0 Å². The second kappa shape index (κ2) is 6.39. The van der Waals surface area contributed by atoms with Crippen molar-refractivity contribution in [2.45, 2.75) is 52.9 Å². The van der Waals surface area contributed by atoms with Crippen molar-refractivity contribution in [3.05, 3.63) is 0 Å². The molecule has 0 aromatic carbocycles. The molecule has 1 fully saturated rings. The van der Waals surface area contributed by atoms with E-state index in [0.717, 1.165) is 19.5 Å². The molecule has 0 spiro atoms. The third-order valence-electron chi connectivity index (χ3n) is 4.54. The number of carbonyl (C=O) groups excluding carboxylic acids is 1. The summed E-state index contributed by atoms with van der Waals surface area (Å²) in [5.74, 6) is 0.790. The lowest BCUT2D eigenvalue weighted by Crippen LogP contribution is -2.32. The standard InChI is InChI=1S/C14H28N2O/c1-4-14(5-2)8-9-16(11-14)13(17)7-6-12(3)10-15/h12H,4-11,15H2,1-3H3. The van der Waals surface area contributed by atoms with Crippen molar-refractivity contribution in [2.24, 2.45) is 17.1 Å². The molecule has 0 bridgehead atoms. The number of rotatable bonds is 6. The molecule has 2 N–H and O–H groups in total. The number of likely N-dealkylation sites (tertiary alicyclic amines) is 1. The molecule has 0 aromatic heterocycles. The van der Waals surface area contributed by atoms with Crippen LogP contribution in [-0.4, -0.2) is 30.4 Å². The lowest BCUT2D eigenvalue weighted by atomic mass is 9.82. The van der Waals surface area contributed by atoms with E-state index in [1.807, 2.05) is 0 Å². The van der Waals surface area contributed by atoms with Gasteiger partial charge in [-0.2, -0.15) is 0 Å². The molecule has 1 rings (SSSR count). The molecule has 100 valence electrons. The van der Waals surface area contributed by atoms with Gasteiger partial charge in [-0.15, -0.1) is 0 Å². The summed E-state index contributed by atoms with van der Waals surface area (Å²) in [6.07, 6.45) is 5.15. The fraction of sp³-hybridized carbons (Fsp3) is 0.929. The average Bonchev–Trinajstić information content (AvgIpc) is 2.80. The first-order valence-electron chi connectivity index (χ1n) is 7.04. The van der Waals surface area contributed by atoms with E-state index >= 15 is 0 Å². The van der Waals surface area contributed by atoms with Crippen LogP contribution in [0.15, 0.2) is 0 Å². The Balaban J connectivity index is 2.40. The van der Waals surface area contributed by atoms with Gasteiger partial charge in [0.25, 0.3) is 0 Å². The highest BCUT2D eigenvalue weighted by atomic mass is 16.2. The Morgan fingerprint density at radius 1 is 1.41 bits per heavy atom. The Kier molecular flexibility index (Phi) is 5.44. The van der Waals surface area contributed by atoms with E-state index in [1.54, 1.807) is 0 Å². The molecule has 0 aromatic rings. The summed E-state index contributed by atoms with van der Waals surface area (Å²) in [6.45, 7) is 9.20. The molecule has 17 heavy (non-hydrogen) atoms. The molecule has 0 radical (unpaired) electrons. The molecule has 3 nitrogen and oxygen atoms in total. The van der Waals surface area contributed by atoms with Gasteiger partial charge in [0.15, 0.2) is 0 Å². The third-order valence-corrected chi connectivity index (χ3v) is 4.54. The molecule has 1 saturated heterocycles. The Morgan fingerprint density at radius 3 is 2.53 bits per heavy atom. The summed E-state index contributed by atoms with van der Waals surface area (Å²) < 4.78 is 0. The summed E-state index contributed by atoms with van der Waals surface area (Å²) >= 11 is 0. The second-order valence-electron chi connectivity index (χ2n) is 5.65. The molecule has 1 aliphatic heterocycles. The average molecular weight is 240 g/mol. The number of amides is 1. The summed E-state index contributed by atoms with van der Waals surface area (Å²) in [5.41, 5.74) is 5.97. The molecule has 1 unspecified atom stereocenters. The van der Waals surface area contributed by atoms with Gasteiger partial charge in [0.2, 0.25) is 5.91 Å². The summed E-state index contributed by atoms with van der Waals surface area (Å²) in [5, 5.41) is 0. The van der Waals surface area contributed by atoms with Gasteiger partial charge in [-0.3, -0.25) is 4.79 Å². The van der Waals surface area contributed by atoms with Gasteiger partial charge in [-0.25, -0.2) is 0 Å². The molecule has 1 amide bonds. The molecule has 3 heteroatoms. The Morgan fingerprint density at radius 2 is 2.06 bits per heavy atom. The van der Waals surface area contributed by atoms with Crippen molar-refractivity contribution in [2.75, 3.05) is 19.6 Å². The fourth-order valence-corrected chi connectivity index (χ4v) is 2.62. The van der Waals surface area contributed by atoms with E-state index in [0.29, 0.717) is 30.2 Å². The molecule has 0 saturated carbocycles. The van der Waals surface area contributed by atoms with E-state index < -0.39 is 0 Å². The maximum absolute atomic E-state index is 12.1. The number of nitrogens with zero attached hydrogens (tertiary/aromatic N) is 1. The second-order valence-corrected chi connectivity index (χ2v) is 5.65. The third kappa shape index (κ3) is 3.70. The molecule has 0 aliphatic carbocycles. The van der Waals surface area contributed by atoms with Crippen LogP contribution in [0.2, 0.25) is 0 Å². The SMILES string of the molecule is CCC1(CC)CCN(C(=O)CCC(C)CN)C1. The molecule has 1 aliphatic rings. The zero-order chi connectivity index (χ0) is 12.9. The van der Waals surface area contributed by atoms with Gasteiger partial charge in [0.1, 0.15) is 0 Å². The lowest BCUT2D eigenvalue weighted by molar-refractivity contribution is -0.130. The van der Waals surface area contributed by atoms with Gasteiger partial charge in [0, 0.05) is 19.5 Å². The highest BCUT2D eigenvalue weighted by Crippen LogP contribution is 2.37. The van der Waals surface area contributed by atoms with Crippen LogP contribution >= 0.6 is 0 Å². The van der Waals surface area contributed by atoms with E-state index in [-0.39, 0.29) is 0 Å². The Bertz CT molecular complexity index is 249. The minimum Gasteiger partial charge on any atom is -0.342 e. The van der Waals surface area contributed by atoms with Crippen LogP contribution in [0.5, 0.6) is 0 Å². The maximum atomic E-state index is 12.1. The molecule has 1 atom stereocenters. The van der Waals surface area contributed by atoms with Gasteiger partial charge >= 0.3 is 0 Å². The highest BCUT2D eigenvalue weighted by molar-refractivity contribution is 5.76. The monoisotopic (exact) mass is 240 g/mol. The quantitative estimate of drug-likeness (QED) is 0.775. The van der Waals surface area contributed by atoms with E-state index in [2.05, 4.69) is 25.7 Å². The highest BCUT2D eigenvalue weighted by Gasteiger charge is 2.36. The van der Waals surface area contributed by atoms with E-state index in [4.69, 9.17) is 5.73 Å². The van der Waals surface area contributed by atoms with E-state index in [9.17, 15) is 4.79 Å². The van der Waals surface area contributed by atoms with Crippen LogP contribution < -0.4 is 5.73 Å². The Hall–Kier alpha value is -0.570. The maximum Gasteiger partial charge on any atom is 0.222 e. The lowest BCUT2D eigenvalue weighted by Gasteiger charge is -2.26. The predicted molar refractivity (Wildman–Crippen MR) is 71.7 cm³/mol. The number of carbonyl (C=O) groups is 1. The van der Waals surface area contributed by atoms with Crippen molar-refractivity contribution in [1.29, 1.82) is 0 Å². The van der Waals surface area contributed by atoms with Crippen molar-refractivity contribution in [3.63, 3.8) is 0 Å². The largest absolute Gasteiger partial charge is 0.342 e. The number of hydrogen-bond donors (Lipinski definition) is 1. The molecular formula is C14H28N2O. The van der Waals surface area contributed by atoms with Crippen molar-refractivity contribution in [3.8, 4) is 0 Å². The van der Waals surface area contributed by atoms with E-state index in [1.165, 1.54) is 19.3 Å². The topological polar surface area (TPSA) is 46.3 Å². The van der Waals surface area contributed by atoms with Crippen LogP contribution in [0.1, 0.15) is 52.9 Å². The van der Waals surface area contributed by atoms with Crippen LogP contribution in [0, 0.1) is 11.3 Å². The first-order valence-corrected chi connectivity index (χ1v) is 7.04. The van der Waals surface area contributed by atoms with Gasteiger partial charge in [-0.05, 0) is 43.6 Å². The van der Waals surface area contributed by atoms with Crippen LogP contribution in [0.4, 0.5) is 0 Å². The first kappa shape index (κ1) is 14.5. The van der Waals surface area contributed by atoms with Crippen LogP contribution in [-0.2, 0) is 4.79 Å². The summed E-state index contributed by atoms with van der Waals surface area (Å²) in [6, 6.07) is 0. The summed E-state index contributed by atoms with van der Waals surface area (Å²) in [4.78, 5) is 14.1. The first-order chi connectivity index (χ1) is 8.06. The number of hydrogen-bond acceptors (Lipinski definition) is 2. The minimum absolute atomic E-state index is 0.328. The Labute approximate surface area is 106 Å². The zero-order valence-corrected chi connectivity index (χ0v) is 11.7. The van der Waals surface area contributed by atoms with Crippen LogP contribution in [0.25, 0.3) is 0 Å². The normalized spacial score (nSPS) is 20.6. The summed E-state index contributed by atoms with van der Waals surface area (Å²) in [7, 11) is 0. The van der Waals surface area contributed by atoms with Crippen molar-refractivity contribution in [1.82, 2.24) is 4.90 Å². The fourth-order valence-electron chi connectivity index (χ4n) is 2.62. The zero-order valence-electron chi connectivity index (χ0n) is 11.7. The predicted octanol–water partition coefficient (Wildman–Crippen LogP) is 2.40. The molecular weight excluding hydrogens is 212 g/mol. The smallest absolute Gasteiger partial charge is 0.222 e. The van der Waals surface area contributed by atoms with Gasteiger partial charge in [0.05, 0.1) is 0 Å².